The van der Waals surface area contributed by atoms with Crippen molar-refractivity contribution in [3.8, 4) is 16.9 Å². The molecule has 10 nitrogen and oxygen atoms in total. The first kappa shape index (κ1) is 31.9. The highest BCUT2D eigenvalue weighted by Crippen LogP contribution is 2.27. The fourth-order valence-corrected chi connectivity index (χ4v) is 5.12. The number of carbonyl (C=O) groups excluding carboxylic acids is 2. The number of primary sulfonamides is 1. The first-order valence-electron chi connectivity index (χ1n) is 13.7. The number of halogens is 1. The van der Waals surface area contributed by atoms with Crippen molar-refractivity contribution in [2.24, 2.45) is 15.9 Å². The molecular formula is C32H32FN5O5S. The molecule has 4 aromatic rings. The van der Waals surface area contributed by atoms with Gasteiger partial charge in [0.05, 0.1) is 11.4 Å². The molecule has 0 bridgehead atoms. The Labute approximate surface area is 255 Å². The van der Waals surface area contributed by atoms with Crippen molar-refractivity contribution < 1.29 is 27.1 Å². The topological polar surface area (TPSA) is 157 Å². The summed E-state index contributed by atoms with van der Waals surface area (Å²) < 4.78 is 42.2. The number of hydrogen-bond donors (Lipinski definition) is 3. The fourth-order valence-electron chi connectivity index (χ4n) is 4.36. The molecule has 2 amide bonds. The molecule has 0 fully saturated rings. The average molecular weight is 618 g/mol. The van der Waals surface area contributed by atoms with Crippen LogP contribution in [0.4, 0.5) is 20.6 Å². The number of nitrogens with two attached hydrogens (primary N) is 2. The summed E-state index contributed by atoms with van der Waals surface area (Å²) in [6, 6.07) is 25.1. The zero-order valence-electron chi connectivity index (χ0n) is 23.9. The molecule has 0 heterocycles. The Balaban J connectivity index is 1.45. The van der Waals surface area contributed by atoms with Crippen molar-refractivity contribution in [1.82, 2.24) is 0 Å². The largest absolute Gasteiger partial charge is 0.441 e. The van der Waals surface area contributed by atoms with Crippen LogP contribution in [0.25, 0.3) is 11.1 Å². The van der Waals surface area contributed by atoms with E-state index in [0.717, 1.165) is 25.0 Å². The van der Waals surface area contributed by atoms with Crippen LogP contribution in [0.5, 0.6) is 5.75 Å². The highest BCUT2D eigenvalue weighted by Gasteiger charge is 2.16. The van der Waals surface area contributed by atoms with Gasteiger partial charge in [-0.1, -0.05) is 55.8 Å². The van der Waals surface area contributed by atoms with Crippen LogP contribution in [0.15, 0.2) is 107 Å². The van der Waals surface area contributed by atoms with E-state index >= 15 is 0 Å². The summed E-state index contributed by atoms with van der Waals surface area (Å²) in [5.74, 6) is -0.689. The summed E-state index contributed by atoms with van der Waals surface area (Å²) in [4.78, 5) is 31.0. The zero-order valence-corrected chi connectivity index (χ0v) is 24.8. The molecule has 0 aliphatic heterocycles. The summed E-state index contributed by atoms with van der Waals surface area (Å²) >= 11 is 0. The van der Waals surface area contributed by atoms with E-state index in [2.05, 4.69) is 10.3 Å². The van der Waals surface area contributed by atoms with Gasteiger partial charge >= 0.3 is 6.09 Å². The van der Waals surface area contributed by atoms with E-state index < -0.39 is 21.9 Å². The first-order valence-corrected chi connectivity index (χ1v) is 15.3. The van der Waals surface area contributed by atoms with E-state index in [1.54, 1.807) is 60.7 Å². The van der Waals surface area contributed by atoms with Crippen LogP contribution < -0.4 is 25.8 Å². The van der Waals surface area contributed by atoms with E-state index in [9.17, 15) is 22.4 Å². The van der Waals surface area contributed by atoms with Gasteiger partial charge in [-0.2, -0.15) is 4.99 Å². The first-order chi connectivity index (χ1) is 21.0. The van der Waals surface area contributed by atoms with Crippen LogP contribution in [0.1, 0.15) is 25.3 Å². The number of ether oxygens (including phenoxy) is 1. The Morgan fingerprint density at radius 2 is 1.66 bits per heavy atom. The van der Waals surface area contributed by atoms with Crippen molar-refractivity contribution in [2.45, 2.75) is 24.7 Å². The van der Waals surface area contributed by atoms with E-state index in [1.165, 1.54) is 18.2 Å². The zero-order chi connectivity index (χ0) is 31.7. The minimum atomic E-state index is -3.91. The van der Waals surface area contributed by atoms with Crippen molar-refractivity contribution in [1.29, 1.82) is 0 Å². The SMILES string of the molecule is CCCCN(CC(=O)Nc1ccc(-c2ccccc2S(N)(=O)=O)cc1)c1cccc(C(N)=NC(=O)Oc2ccc(F)cc2)c1. The van der Waals surface area contributed by atoms with Gasteiger partial charge in [-0.05, 0) is 66.6 Å². The second kappa shape index (κ2) is 14.4. The molecular weight excluding hydrogens is 585 g/mol. The van der Waals surface area contributed by atoms with Crippen LogP contribution in [-0.2, 0) is 14.8 Å². The average Bonchev–Trinajstić information content (AvgIpc) is 3.00. The molecule has 0 radical (unpaired) electrons. The van der Waals surface area contributed by atoms with E-state index in [1.807, 2.05) is 17.9 Å². The lowest BCUT2D eigenvalue weighted by molar-refractivity contribution is -0.115. The maximum absolute atomic E-state index is 13.1. The number of anilines is 2. The van der Waals surface area contributed by atoms with Crippen LogP contribution >= 0.6 is 0 Å². The molecule has 0 spiro atoms. The molecule has 0 saturated heterocycles. The van der Waals surface area contributed by atoms with Crippen LogP contribution in [0.3, 0.4) is 0 Å². The highest BCUT2D eigenvalue weighted by atomic mass is 32.2. The van der Waals surface area contributed by atoms with Crippen molar-refractivity contribution in [2.75, 3.05) is 23.3 Å². The van der Waals surface area contributed by atoms with Gasteiger partial charge in [0.25, 0.3) is 0 Å². The molecule has 44 heavy (non-hydrogen) atoms. The van der Waals surface area contributed by atoms with Gasteiger partial charge in [0.1, 0.15) is 17.4 Å². The minimum Gasteiger partial charge on any atom is -0.409 e. The smallest absolute Gasteiger partial charge is 0.409 e. The van der Waals surface area contributed by atoms with Gasteiger partial charge in [0, 0.05) is 29.0 Å². The molecule has 0 saturated carbocycles. The number of amidine groups is 1. The molecule has 0 unspecified atom stereocenters. The molecule has 5 N–H and O–H groups in total. The number of carbonyl (C=O) groups is 2. The van der Waals surface area contributed by atoms with Crippen LogP contribution in [-0.4, -0.2) is 39.3 Å². The minimum absolute atomic E-state index is 0.0148. The van der Waals surface area contributed by atoms with Crippen molar-refractivity contribution in [3.05, 3.63) is 108 Å². The molecule has 228 valence electrons. The molecule has 4 aromatic carbocycles. The van der Waals surface area contributed by atoms with Crippen molar-refractivity contribution >= 4 is 39.2 Å². The third kappa shape index (κ3) is 8.72. The van der Waals surface area contributed by atoms with E-state index in [4.69, 9.17) is 15.6 Å². The number of aliphatic imine (C=N–C) groups is 1. The van der Waals surface area contributed by atoms with Gasteiger partial charge in [-0.25, -0.2) is 22.7 Å². The lowest BCUT2D eigenvalue weighted by Gasteiger charge is -2.25. The summed E-state index contributed by atoms with van der Waals surface area (Å²) in [6.07, 6.45) is 0.766. The van der Waals surface area contributed by atoms with E-state index in [-0.39, 0.29) is 28.9 Å². The van der Waals surface area contributed by atoms with Crippen LogP contribution in [0, 0.1) is 5.82 Å². The lowest BCUT2D eigenvalue weighted by Crippen LogP contribution is -2.34. The second-order valence-corrected chi connectivity index (χ2v) is 11.3. The van der Waals surface area contributed by atoms with Gasteiger partial charge in [-0.15, -0.1) is 0 Å². The maximum Gasteiger partial charge on any atom is 0.441 e. The Kier molecular flexibility index (Phi) is 10.4. The molecule has 0 aliphatic carbocycles. The second-order valence-electron chi connectivity index (χ2n) is 9.81. The fraction of sp³-hybridized carbons (Fsp3) is 0.156. The Morgan fingerprint density at radius 3 is 2.34 bits per heavy atom. The predicted octanol–water partition coefficient (Wildman–Crippen LogP) is 5.29. The number of amides is 2. The third-order valence-electron chi connectivity index (χ3n) is 6.53. The number of benzene rings is 4. The molecule has 0 atom stereocenters. The Bertz CT molecular complexity index is 1760. The molecule has 0 aliphatic rings. The number of nitrogens with zero attached hydrogens (tertiary/aromatic N) is 2. The quantitative estimate of drug-likeness (QED) is 0.152. The predicted molar refractivity (Wildman–Crippen MR) is 169 cm³/mol. The number of rotatable bonds is 11. The monoisotopic (exact) mass is 617 g/mol. The Morgan fingerprint density at radius 1 is 0.955 bits per heavy atom. The Hall–Kier alpha value is -5.07. The summed E-state index contributed by atoms with van der Waals surface area (Å²) in [6.45, 7) is 2.66. The number of nitrogens with one attached hydrogen (secondary N) is 1. The summed E-state index contributed by atoms with van der Waals surface area (Å²) in [5, 5.41) is 8.24. The molecule has 0 aromatic heterocycles. The van der Waals surface area contributed by atoms with Gasteiger partial charge in [0.2, 0.25) is 15.9 Å². The van der Waals surface area contributed by atoms with Gasteiger partial charge in [-0.3, -0.25) is 4.79 Å². The number of unbranched alkanes of at least 4 members (excludes halogenated alkanes) is 1. The molecule has 12 heteroatoms. The third-order valence-corrected chi connectivity index (χ3v) is 7.50. The van der Waals surface area contributed by atoms with Crippen LogP contribution in [0.2, 0.25) is 0 Å². The van der Waals surface area contributed by atoms with Gasteiger partial charge < -0.3 is 20.7 Å². The van der Waals surface area contributed by atoms with Gasteiger partial charge in [0.15, 0.2) is 0 Å². The number of sulfonamides is 1. The normalized spacial score (nSPS) is 11.6. The van der Waals surface area contributed by atoms with E-state index in [0.29, 0.717) is 34.6 Å². The lowest BCUT2D eigenvalue weighted by atomic mass is 10.1. The van der Waals surface area contributed by atoms with Crippen molar-refractivity contribution in [3.63, 3.8) is 0 Å². The molecule has 4 rings (SSSR count). The number of hydrogen-bond acceptors (Lipinski definition) is 6. The highest BCUT2D eigenvalue weighted by molar-refractivity contribution is 7.89. The summed E-state index contributed by atoms with van der Waals surface area (Å²) in [7, 11) is -3.91. The standard InChI is InChI=1S/C32H32FN5O5S/c1-2-3-19-38(26-8-6-7-23(20-26)31(34)37-32(40)43-27-17-13-24(33)14-18-27)21-30(39)36-25-15-11-22(12-16-25)28-9-4-5-10-29(28)44(35,41)42/h4-18,20H,2-3,19,21H2,1H3,(H,36,39)(H2,34,37,40)(H2,35,41,42). The summed E-state index contributed by atoms with van der Waals surface area (Å²) in [5.41, 5.74) is 8.87. The maximum atomic E-state index is 13.1.